The van der Waals surface area contributed by atoms with E-state index in [0.717, 1.165) is 5.56 Å². The number of para-hydroxylation sites is 1. The van der Waals surface area contributed by atoms with Gasteiger partial charge in [0.25, 0.3) is 0 Å². The first-order chi connectivity index (χ1) is 11.0. The molecule has 1 amide bonds. The van der Waals surface area contributed by atoms with Crippen molar-refractivity contribution in [1.82, 2.24) is 0 Å². The lowest BCUT2D eigenvalue weighted by molar-refractivity contribution is -0.115. The molecule has 23 heavy (non-hydrogen) atoms. The summed E-state index contributed by atoms with van der Waals surface area (Å²) in [6.45, 7) is 3.76. The van der Waals surface area contributed by atoms with Gasteiger partial charge < -0.3 is 5.32 Å². The zero-order valence-corrected chi connectivity index (χ0v) is 13.9. The van der Waals surface area contributed by atoms with Crippen LogP contribution in [0.25, 0.3) is 0 Å². The van der Waals surface area contributed by atoms with Crippen LogP contribution in [0.5, 0.6) is 0 Å². The molecular formula is C18H15ClN2OS. The molecule has 2 aromatic carbocycles. The Kier molecular flexibility index (Phi) is 5.86. The summed E-state index contributed by atoms with van der Waals surface area (Å²) in [5.41, 5.74) is 1.72. The highest BCUT2D eigenvalue weighted by Crippen LogP contribution is 2.31. The van der Waals surface area contributed by atoms with Crippen molar-refractivity contribution in [2.75, 3.05) is 5.32 Å². The van der Waals surface area contributed by atoms with E-state index in [1.165, 1.54) is 0 Å². The summed E-state index contributed by atoms with van der Waals surface area (Å²) in [6, 6.07) is 18.1. The zero-order valence-electron chi connectivity index (χ0n) is 12.2. The summed E-state index contributed by atoms with van der Waals surface area (Å²) in [5, 5.41) is 11.8. The molecular weight excluding hydrogens is 328 g/mol. The van der Waals surface area contributed by atoms with Gasteiger partial charge in [-0.25, -0.2) is 0 Å². The number of hydrogen-bond acceptors (Lipinski definition) is 3. The highest BCUT2D eigenvalue weighted by atomic mass is 35.5. The van der Waals surface area contributed by atoms with Crippen molar-refractivity contribution in [3.05, 3.63) is 77.3 Å². The van der Waals surface area contributed by atoms with Crippen LogP contribution in [0.3, 0.4) is 0 Å². The second-order valence-electron chi connectivity index (χ2n) is 4.97. The van der Waals surface area contributed by atoms with Crippen LogP contribution < -0.4 is 5.32 Å². The number of carbonyl (C=O) groups is 1. The van der Waals surface area contributed by atoms with Crippen LogP contribution in [0.15, 0.2) is 66.7 Å². The molecule has 2 rings (SSSR count). The number of halogens is 1. The van der Waals surface area contributed by atoms with Crippen LogP contribution in [0.4, 0.5) is 5.69 Å². The summed E-state index contributed by atoms with van der Waals surface area (Å²) < 4.78 is 0. The Labute approximate surface area is 146 Å². The predicted octanol–water partition coefficient (Wildman–Crippen LogP) is 4.44. The minimum Gasteiger partial charge on any atom is -0.325 e. The first-order valence-corrected chi connectivity index (χ1v) is 7.80. The molecule has 0 aliphatic heterocycles. The SMILES string of the molecule is C=C(C#N)[C@H](c1ccc(Cl)cc1)[C@@H](S)C(=O)Nc1ccccc1. The molecule has 116 valence electrons. The number of nitrogens with zero attached hydrogens (tertiary/aromatic N) is 1. The molecule has 0 bridgehead atoms. The van der Waals surface area contributed by atoms with Crippen LogP contribution in [-0.2, 0) is 4.79 Å². The highest BCUT2D eigenvalue weighted by Gasteiger charge is 2.29. The molecule has 0 heterocycles. The number of nitrogens with one attached hydrogen (secondary N) is 1. The van der Waals surface area contributed by atoms with Gasteiger partial charge in [-0.15, -0.1) is 0 Å². The van der Waals surface area contributed by atoms with E-state index in [0.29, 0.717) is 10.7 Å². The molecule has 0 radical (unpaired) electrons. The average molecular weight is 343 g/mol. The maximum absolute atomic E-state index is 12.5. The molecule has 0 unspecified atom stereocenters. The normalized spacial score (nSPS) is 12.7. The molecule has 5 heteroatoms. The third-order valence-electron chi connectivity index (χ3n) is 3.37. The highest BCUT2D eigenvalue weighted by molar-refractivity contribution is 7.81. The summed E-state index contributed by atoms with van der Waals surface area (Å²) in [4.78, 5) is 12.5. The number of carbonyl (C=O) groups excluding carboxylic acids is 1. The van der Waals surface area contributed by atoms with E-state index >= 15 is 0 Å². The van der Waals surface area contributed by atoms with E-state index in [-0.39, 0.29) is 11.5 Å². The van der Waals surface area contributed by atoms with Gasteiger partial charge in [0.1, 0.15) is 0 Å². The van der Waals surface area contributed by atoms with Gasteiger partial charge in [0, 0.05) is 22.2 Å². The van der Waals surface area contributed by atoms with E-state index in [9.17, 15) is 10.1 Å². The molecule has 0 aromatic heterocycles. The maximum Gasteiger partial charge on any atom is 0.238 e. The standard InChI is InChI=1S/C18H15ClN2OS/c1-12(11-20)16(13-7-9-14(19)10-8-13)17(23)18(22)21-15-5-3-2-4-6-15/h2-10,16-17,23H,1H2,(H,21,22)/t16-,17-/m1/s1. The Bertz CT molecular complexity index is 738. The second kappa shape index (κ2) is 7.87. The van der Waals surface area contributed by atoms with Gasteiger partial charge in [-0.05, 0) is 29.8 Å². The molecule has 3 nitrogen and oxygen atoms in total. The Balaban J connectivity index is 2.25. The number of rotatable bonds is 5. The Morgan fingerprint density at radius 1 is 1.17 bits per heavy atom. The van der Waals surface area contributed by atoms with Crippen LogP contribution in [0.1, 0.15) is 11.5 Å². The van der Waals surface area contributed by atoms with Crippen LogP contribution in [0, 0.1) is 11.3 Å². The van der Waals surface area contributed by atoms with Crippen molar-refractivity contribution < 1.29 is 4.79 Å². The quantitative estimate of drug-likeness (QED) is 0.623. The number of benzene rings is 2. The fourth-order valence-corrected chi connectivity index (χ4v) is 2.75. The van der Waals surface area contributed by atoms with E-state index in [1.54, 1.807) is 36.4 Å². The van der Waals surface area contributed by atoms with Crippen molar-refractivity contribution in [2.45, 2.75) is 11.2 Å². The summed E-state index contributed by atoms with van der Waals surface area (Å²) >= 11 is 10.3. The summed E-state index contributed by atoms with van der Waals surface area (Å²) in [7, 11) is 0. The molecule has 2 atom stereocenters. The van der Waals surface area contributed by atoms with Gasteiger partial charge >= 0.3 is 0 Å². The molecule has 0 aliphatic rings. The fourth-order valence-electron chi connectivity index (χ4n) is 2.20. The van der Waals surface area contributed by atoms with Crippen molar-refractivity contribution in [3.63, 3.8) is 0 Å². The van der Waals surface area contributed by atoms with Crippen molar-refractivity contribution in [2.24, 2.45) is 0 Å². The number of amides is 1. The Hall–Kier alpha value is -2.22. The summed E-state index contributed by atoms with van der Waals surface area (Å²) in [6.07, 6.45) is 0. The van der Waals surface area contributed by atoms with Gasteiger partial charge in [0.05, 0.1) is 11.3 Å². The molecule has 0 saturated heterocycles. The lowest BCUT2D eigenvalue weighted by Gasteiger charge is -2.22. The summed E-state index contributed by atoms with van der Waals surface area (Å²) in [5.74, 6) is -0.819. The van der Waals surface area contributed by atoms with E-state index in [1.807, 2.05) is 24.3 Å². The number of thiol groups is 1. The number of allylic oxidation sites excluding steroid dienone is 1. The smallest absolute Gasteiger partial charge is 0.238 e. The van der Waals surface area contributed by atoms with E-state index < -0.39 is 11.2 Å². The molecule has 0 spiro atoms. The van der Waals surface area contributed by atoms with Gasteiger partial charge in [-0.1, -0.05) is 48.5 Å². The van der Waals surface area contributed by atoms with Gasteiger partial charge in [0.15, 0.2) is 0 Å². The molecule has 2 aromatic rings. The van der Waals surface area contributed by atoms with Gasteiger partial charge in [-0.2, -0.15) is 17.9 Å². The second-order valence-corrected chi connectivity index (χ2v) is 5.96. The number of anilines is 1. The lowest BCUT2D eigenvalue weighted by Crippen LogP contribution is -2.29. The molecule has 1 N–H and O–H groups in total. The predicted molar refractivity (Wildman–Crippen MR) is 96.8 cm³/mol. The largest absolute Gasteiger partial charge is 0.325 e. The zero-order chi connectivity index (χ0) is 16.8. The van der Waals surface area contributed by atoms with Gasteiger partial charge in [-0.3, -0.25) is 4.79 Å². The van der Waals surface area contributed by atoms with Crippen LogP contribution in [0.2, 0.25) is 5.02 Å². The number of nitriles is 1. The number of hydrogen-bond donors (Lipinski definition) is 2. The minimum atomic E-state index is -0.747. The Morgan fingerprint density at radius 3 is 2.35 bits per heavy atom. The van der Waals surface area contributed by atoms with Crippen molar-refractivity contribution >= 4 is 35.8 Å². The first-order valence-electron chi connectivity index (χ1n) is 6.91. The third kappa shape index (κ3) is 4.38. The third-order valence-corrected chi connectivity index (χ3v) is 4.16. The van der Waals surface area contributed by atoms with E-state index in [2.05, 4.69) is 24.5 Å². The topological polar surface area (TPSA) is 52.9 Å². The van der Waals surface area contributed by atoms with Crippen LogP contribution in [-0.4, -0.2) is 11.2 Å². The minimum absolute atomic E-state index is 0.274. The fraction of sp³-hybridized carbons (Fsp3) is 0.111. The van der Waals surface area contributed by atoms with Crippen LogP contribution >= 0.6 is 24.2 Å². The monoisotopic (exact) mass is 342 g/mol. The Morgan fingerprint density at radius 2 is 1.78 bits per heavy atom. The van der Waals surface area contributed by atoms with Crippen molar-refractivity contribution in [3.8, 4) is 6.07 Å². The van der Waals surface area contributed by atoms with Gasteiger partial charge in [0.2, 0.25) is 5.91 Å². The first kappa shape index (κ1) is 17.1. The molecule has 0 saturated carbocycles. The maximum atomic E-state index is 12.5. The molecule has 0 fully saturated rings. The average Bonchev–Trinajstić information content (AvgIpc) is 2.57. The van der Waals surface area contributed by atoms with Crippen molar-refractivity contribution in [1.29, 1.82) is 5.26 Å². The molecule has 0 aliphatic carbocycles. The lowest BCUT2D eigenvalue weighted by atomic mass is 9.89. The van der Waals surface area contributed by atoms with E-state index in [4.69, 9.17) is 11.6 Å².